The molecule has 0 saturated heterocycles. The number of nitrogens with zero attached hydrogens (tertiary/aromatic N) is 2. The molecule has 6 N–H and O–H groups in total. The van der Waals surface area contributed by atoms with E-state index in [0.29, 0.717) is 24.5 Å². The summed E-state index contributed by atoms with van der Waals surface area (Å²) in [4.78, 5) is 8.30. The quantitative estimate of drug-likeness (QED) is 0.328. The first-order valence-electron chi connectivity index (χ1n) is 5.14. The molecule has 0 amide bonds. The Bertz CT molecular complexity index is 313. The molecule has 120 valence electrons. The number of hydrogen-bond donors (Lipinski definition) is 2. The van der Waals surface area contributed by atoms with E-state index in [1.807, 2.05) is 0 Å². The van der Waals surface area contributed by atoms with Crippen molar-refractivity contribution in [2.45, 2.75) is 27.7 Å². The Morgan fingerprint density at radius 2 is 1.05 bits per heavy atom. The van der Waals surface area contributed by atoms with Gasteiger partial charge in [0.05, 0.1) is 13.1 Å². The second-order valence-corrected chi connectivity index (χ2v) is 3.56. The molecule has 0 heterocycles. The Morgan fingerprint density at radius 3 is 1.25 bits per heavy atom. The minimum absolute atomic E-state index is 0. The van der Waals surface area contributed by atoms with Crippen molar-refractivity contribution in [2.24, 2.45) is 9.98 Å². The zero-order valence-electron chi connectivity index (χ0n) is 12.4. The molecule has 20 heavy (non-hydrogen) atoms. The zero-order valence-corrected chi connectivity index (χ0v) is 14.2. The first kappa shape index (κ1) is 31.5. The van der Waals surface area contributed by atoms with Crippen molar-refractivity contribution in [2.75, 3.05) is 13.1 Å². The van der Waals surface area contributed by atoms with E-state index in [9.17, 15) is 10.2 Å². The number of aliphatic imine (C=N–C) groups is 2. The van der Waals surface area contributed by atoms with Crippen molar-refractivity contribution >= 4 is 11.4 Å². The first-order valence-corrected chi connectivity index (χ1v) is 5.14. The molecule has 0 fully saturated rings. The normalized spacial score (nSPS) is 12.4. The van der Waals surface area contributed by atoms with Crippen LogP contribution in [0.3, 0.4) is 0 Å². The summed E-state index contributed by atoms with van der Waals surface area (Å²) < 4.78 is 0. The Morgan fingerprint density at radius 1 is 0.800 bits per heavy atom. The van der Waals surface area contributed by atoms with E-state index in [2.05, 4.69) is 9.98 Å². The maximum atomic E-state index is 10.7. The molecule has 0 aromatic carbocycles. The van der Waals surface area contributed by atoms with E-state index < -0.39 is 0 Å². The van der Waals surface area contributed by atoms with Crippen molar-refractivity contribution in [3.8, 4) is 0 Å². The van der Waals surface area contributed by atoms with Gasteiger partial charge in [-0.15, -0.1) is 11.5 Å². The van der Waals surface area contributed by atoms with Crippen molar-refractivity contribution in [3.05, 3.63) is 23.7 Å². The van der Waals surface area contributed by atoms with Crippen LogP contribution in [0.4, 0.5) is 0 Å². The van der Waals surface area contributed by atoms with Crippen molar-refractivity contribution in [1.82, 2.24) is 12.3 Å². The third-order valence-corrected chi connectivity index (χ3v) is 1.65. The largest absolute Gasteiger partial charge is 3.00 e. The molecule has 0 aromatic rings. The van der Waals surface area contributed by atoms with Gasteiger partial charge in [0.2, 0.25) is 0 Å². The summed E-state index contributed by atoms with van der Waals surface area (Å²) in [6.45, 7) is 7.59. The Labute approximate surface area is 137 Å². The SMILES string of the molecule is CC(/C=C(/C)[O-])=NCCN=C(C)/C=C(/C)[O-].N.N.[Cl-].[Co+3]. The van der Waals surface area contributed by atoms with Crippen LogP contribution in [0.2, 0.25) is 0 Å². The molecule has 6 nitrogen and oxygen atoms in total. The van der Waals surface area contributed by atoms with Crippen LogP contribution in [-0.2, 0) is 16.8 Å². The molecule has 0 atom stereocenters. The predicted molar refractivity (Wildman–Crippen MR) is 73.5 cm³/mol. The van der Waals surface area contributed by atoms with Gasteiger partial charge in [-0.1, -0.05) is 26.0 Å². The monoisotopic (exact) mass is 350 g/mol. The van der Waals surface area contributed by atoms with Crippen LogP contribution in [0, 0.1) is 0 Å². The smallest absolute Gasteiger partial charge is 1.00 e. The number of allylic oxidation sites excluding steroid dienone is 4. The van der Waals surface area contributed by atoms with Crippen molar-refractivity contribution < 1.29 is 39.4 Å². The Hall–Kier alpha value is -0.864. The second kappa shape index (κ2) is 18.1. The van der Waals surface area contributed by atoms with Crippen molar-refractivity contribution in [1.29, 1.82) is 0 Å². The minimum atomic E-state index is -0.00848. The van der Waals surface area contributed by atoms with E-state index >= 15 is 0 Å². The summed E-state index contributed by atoms with van der Waals surface area (Å²) in [7, 11) is 0. The fourth-order valence-corrected chi connectivity index (χ4v) is 1.13. The van der Waals surface area contributed by atoms with Crippen LogP contribution in [0.1, 0.15) is 27.7 Å². The predicted octanol–water partition coefficient (Wildman–Crippen LogP) is -2.24. The van der Waals surface area contributed by atoms with E-state index in [0.717, 1.165) is 0 Å². The molecule has 0 aliphatic carbocycles. The molecular weight excluding hydrogens is 327 g/mol. The number of halogens is 1. The van der Waals surface area contributed by atoms with Gasteiger partial charge in [-0.25, -0.2) is 0 Å². The summed E-state index contributed by atoms with van der Waals surface area (Å²) in [5, 5.41) is 21.4. The molecule has 0 spiro atoms. The van der Waals surface area contributed by atoms with E-state index in [1.54, 1.807) is 13.8 Å². The van der Waals surface area contributed by atoms with Gasteiger partial charge in [-0.2, -0.15) is 0 Å². The molecule has 8 heteroatoms. The van der Waals surface area contributed by atoms with Gasteiger partial charge in [-0.05, 0) is 13.8 Å². The van der Waals surface area contributed by atoms with Crippen LogP contribution in [-0.4, -0.2) is 24.5 Å². The molecular formula is C12H24ClCoN4O2. The second-order valence-electron chi connectivity index (χ2n) is 3.56. The fourth-order valence-electron chi connectivity index (χ4n) is 1.13. The summed E-state index contributed by atoms with van der Waals surface area (Å²) in [6, 6.07) is 0. The van der Waals surface area contributed by atoms with Gasteiger partial charge < -0.3 is 34.9 Å². The maximum Gasteiger partial charge on any atom is 3.00 e. The molecule has 0 aliphatic heterocycles. The van der Waals surface area contributed by atoms with Gasteiger partial charge in [0.25, 0.3) is 0 Å². The van der Waals surface area contributed by atoms with Gasteiger partial charge >= 0.3 is 16.8 Å². The Kier molecular flexibility index (Phi) is 28.6. The van der Waals surface area contributed by atoms with Gasteiger partial charge in [0.1, 0.15) is 0 Å². The number of hydrogen-bond acceptors (Lipinski definition) is 6. The number of rotatable bonds is 5. The topological polar surface area (TPSA) is 141 Å². The van der Waals surface area contributed by atoms with E-state index in [-0.39, 0.29) is 53.0 Å². The van der Waals surface area contributed by atoms with Gasteiger partial charge in [0.15, 0.2) is 0 Å². The molecule has 0 unspecified atom stereocenters. The van der Waals surface area contributed by atoms with E-state index in [4.69, 9.17) is 0 Å². The standard InChI is InChI=1S/C12H20N2O2.ClH.Co.2H3N/c1-9(7-11(3)15)13-5-6-14-10(2)8-12(4)16;;;;/h7-8,15-16H,5-6H2,1-4H3;1H;;2*1H3/q;;+3;;/p-3/b11-7-,12-8-,13-9?,14-10?;;;;. The molecule has 0 radical (unpaired) electrons. The van der Waals surface area contributed by atoms with Gasteiger partial charge in [0, 0.05) is 11.4 Å². The van der Waals surface area contributed by atoms with Crippen molar-refractivity contribution in [3.63, 3.8) is 0 Å². The third-order valence-electron chi connectivity index (χ3n) is 1.65. The fraction of sp³-hybridized carbons (Fsp3) is 0.500. The average Bonchev–Trinajstić information content (AvgIpc) is 2.10. The van der Waals surface area contributed by atoms with Crippen LogP contribution in [0.5, 0.6) is 0 Å². The van der Waals surface area contributed by atoms with Crippen LogP contribution < -0.4 is 34.9 Å². The molecule has 0 bridgehead atoms. The average molecular weight is 351 g/mol. The third kappa shape index (κ3) is 22.3. The first-order chi connectivity index (χ1) is 7.41. The zero-order chi connectivity index (χ0) is 12.6. The Balaban J connectivity index is -0.000000187. The molecule has 0 aromatic heterocycles. The molecule has 0 saturated carbocycles. The summed E-state index contributed by atoms with van der Waals surface area (Å²) in [5.41, 5.74) is 1.41. The van der Waals surface area contributed by atoms with Crippen LogP contribution in [0.25, 0.3) is 0 Å². The maximum absolute atomic E-state index is 10.7. The minimum Gasteiger partial charge on any atom is -1.00 e. The summed E-state index contributed by atoms with van der Waals surface area (Å²) >= 11 is 0. The summed E-state index contributed by atoms with van der Waals surface area (Å²) in [5.74, 6) is -0.0170. The van der Waals surface area contributed by atoms with Gasteiger partial charge in [-0.3, -0.25) is 9.98 Å². The van der Waals surface area contributed by atoms with Crippen LogP contribution >= 0.6 is 0 Å². The van der Waals surface area contributed by atoms with Crippen LogP contribution in [0.15, 0.2) is 33.7 Å². The van der Waals surface area contributed by atoms with E-state index in [1.165, 1.54) is 26.0 Å². The molecule has 0 rings (SSSR count). The summed E-state index contributed by atoms with van der Waals surface area (Å²) in [6.07, 6.45) is 2.97. The molecule has 0 aliphatic rings.